The van der Waals surface area contributed by atoms with E-state index in [1.807, 2.05) is 0 Å². The Balaban J connectivity index is 2.53. The van der Waals surface area contributed by atoms with Gasteiger partial charge >= 0.3 is 0 Å². The molecule has 0 aromatic rings. The Kier molecular flexibility index (Phi) is 1.03. The Hall–Kier alpha value is -0.530. The molecular weight excluding hydrogens is 107 g/mol. The lowest BCUT2D eigenvalue weighted by atomic mass is 9.81. The summed E-state index contributed by atoms with van der Waals surface area (Å²) in [7, 11) is 0. The summed E-state index contributed by atoms with van der Waals surface area (Å²) in [6, 6.07) is 0. The van der Waals surface area contributed by atoms with E-state index in [9.17, 15) is 4.39 Å². The summed E-state index contributed by atoms with van der Waals surface area (Å²) in [6.07, 6.45) is 1.76. The second kappa shape index (κ2) is 1.47. The third-order valence-electron chi connectivity index (χ3n) is 1.66. The molecule has 1 rings (SSSR count). The predicted octanol–water partition coefficient (Wildman–Crippen LogP) is 1.95. The van der Waals surface area contributed by atoms with Crippen LogP contribution in [0.1, 0.15) is 19.3 Å². The fourth-order valence-electron chi connectivity index (χ4n) is 0.776. The number of halogens is 1. The molecular formula is C6H9FO. The summed E-state index contributed by atoms with van der Waals surface area (Å²) < 4.78 is 12.7. The average Bonchev–Trinajstić information content (AvgIpc) is 1.60. The molecule has 1 fully saturated rings. The van der Waals surface area contributed by atoms with Crippen molar-refractivity contribution in [3.05, 3.63) is 12.3 Å². The molecule has 8 heavy (non-hydrogen) atoms. The van der Waals surface area contributed by atoms with Gasteiger partial charge in [0, 0.05) is 0 Å². The molecule has 0 radical (unpaired) electrons. The molecule has 1 N–H and O–H groups in total. The zero-order chi connectivity index (χ0) is 6.20. The first-order valence-corrected chi connectivity index (χ1v) is 2.72. The summed E-state index contributed by atoms with van der Waals surface area (Å²) >= 11 is 0. The normalized spacial score (nSPS) is 24.1. The molecule has 0 aromatic heterocycles. The molecule has 2 heteroatoms. The van der Waals surface area contributed by atoms with Crippen molar-refractivity contribution < 1.29 is 9.50 Å². The first-order chi connectivity index (χ1) is 3.65. The van der Waals surface area contributed by atoms with Crippen molar-refractivity contribution in [2.45, 2.75) is 24.9 Å². The number of hydrogen-bond donors (Lipinski definition) is 1. The number of allylic oxidation sites excluding steroid dienone is 1. The summed E-state index contributed by atoms with van der Waals surface area (Å²) in [6.45, 7) is 3.13. The van der Waals surface area contributed by atoms with Gasteiger partial charge < -0.3 is 5.11 Å². The van der Waals surface area contributed by atoms with Crippen LogP contribution in [0.5, 0.6) is 0 Å². The Morgan fingerprint density at radius 2 is 2.12 bits per heavy atom. The molecule has 1 nitrogen and oxygen atoms in total. The molecule has 1 aliphatic rings. The highest BCUT2D eigenvalue weighted by molar-refractivity contribution is 5.08. The molecule has 0 unspecified atom stereocenters. The van der Waals surface area contributed by atoms with Crippen LogP contribution >= 0.6 is 0 Å². The summed E-state index contributed by atoms with van der Waals surface area (Å²) in [5.74, 6) is -0.302. The third kappa shape index (κ3) is 0.602. The van der Waals surface area contributed by atoms with Gasteiger partial charge in [0.05, 0.1) is 0 Å². The minimum atomic E-state index is -1.42. The van der Waals surface area contributed by atoms with Crippen LogP contribution < -0.4 is 0 Å². The molecule has 0 spiro atoms. The Morgan fingerprint density at radius 1 is 1.62 bits per heavy atom. The molecule has 0 aliphatic heterocycles. The monoisotopic (exact) mass is 116 g/mol. The number of rotatable bonds is 1. The molecule has 0 atom stereocenters. The van der Waals surface area contributed by atoms with Gasteiger partial charge in [-0.3, -0.25) is 0 Å². The maximum atomic E-state index is 12.7. The third-order valence-corrected chi connectivity index (χ3v) is 1.66. The zero-order valence-corrected chi connectivity index (χ0v) is 4.65. The standard InChI is InChI=1S/C6H9FO/c1-5(8)6(7)3-2-4-6/h8H,1-4H2. The first kappa shape index (κ1) is 5.60. The van der Waals surface area contributed by atoms with Gasteiger partial charge in [0.1, 0.15) is 5.76 Å². The van der Waals surface area contributed by atoms with Crippen LogP contribution in [0, 0.1) is 0 Å². The van der Waals surface area contributed by atoms with Crippen LogP contribution in [-0.2, 0) is 0 Å². The maximum Gasteiger partial charge on any atom is 0.166 e. The van der Waals surface area contributed by atoms with Crippen molar-refractivity contribution in [2.24, 2.45) is 0 Å². The number of aliphatic hydroxyl groups excluding tert-OH is 1. The number of aliphatic hydroxyl groups is 1. The highest BCUT2D eigenvalue weighted by Gasteiger charge is 2.39. The van der Waals surface area contributed by atoms with Crippen molar-refractivity contribution in [3.63, 3.8) is 0 Å². The quantitative estimate of drug-likeness (QED) is 0.519. The van der Waals surface area contributed by atoms with Crippen molar-refractivity contribution in [1.82, 2.24) is 0 Å². The van der Waals surface area contributed by atoms with E-state index >= 15 is 0 Å². The van der Waals surface area contributed by atoms with Gasteiger partial charge in [0.25, 0.3) is 0 Å². The van der Waals surface area contributed by atoms with E-state index in [2.05, 4.69) is 6.58 Å². The van der Waals surface area contributed by atoms with Gasteiger partial charge in [-0.1, -0.05) is 6.58 Å². The van der Waals surface area contributed by atoms with E-state index in [1.54, 1.807) is 0 Å². The fraction of sp³-hybridized carbons (Fsp3) is 0.667. The Morgan fingerprint density at radius 3 is 2.12 bits per heavy atom. The van der Waals surface area contributed by atoms with Gasteiger partial charge in [-0.25, -0.2) is 4.39 Å². The van der Waals surface area contributed by atoms with E-state index in [-0.39, 0.29) is 5.76 Å². The Labute approximate surface area is 47.8 Å². The highest BCUT2D eigenvalue weighted by atomic mass is 19.1. The number of alkyl halides is 1. The van der Waals surface area contributed by atoms with Gasteiger partial charge in [-0.15, -0.1) is 0 Å². The van der Waals surface area contributed by atoms with E-state index in [4.69, 9.17) is 5.11 Å². The van der Waals surface area contributed by atoms with Crippen LogP contribution in [-0.4, -0.2) is 10.8 Å². The lowest BCUT2D eigenvalue weighted by Gasteiger charge is -2.32. The van der Waals surface area contributed by atoms with Crippen molar-refractivity contribution in [3.8, 4) is 0 Å². The van der Waals surface area contributed by atoms with E-state index < -0.39 is 5.67 Å². The molecule has 0 aromatic carbocycles. The van der Waals surface area contributed by atoms with E-state index in [0.29, 0.717) is 12.8 Å². The minimum absolute atomic E-state index is 0.302. The van der Waals surface area contributed by atoms with Crippen molar-refractivity contribution >= 4 is 0 Å². The fourth-order valence-corrected chi connectivity index (χ4v) is 0.776. The van der Waals surface area contributed by atoms with Gasteiger partial charge in [-0.05, 0) is 19.3 Å². The van der Waals surface area contributed by atoms with Crippen LogP contribution in [0.25, 0.3) is 0 Å². The topological polar surface area (TPSA) is 20.2 Å². The summed E-state index contributed by atoms with van der Waals surface area (Å²) in [4.78, 5) is 0. The molecule has 0 amide bonds. The van der Waals surface area contributed by atoms with Crippen LogP contribution in [0.15, 0.2) is 12.3 Å². The number of hydrogen-bond acceptors (Lipinski definition) is 1. The molecule has 1 saturated carbocycles. The minimum Gasteiger partial charge on any atom is -0.510 e. The molecule has 1 aliphatic carbocycles. The zero-order valence-electron chi connectivity index (χ0n) is 4.65. The second-order valence-electron chi connectivity index (χ2n) is 2.27. The average molecular weight is 116 g/mol. The van der Waals surface area contributed by atoms with Crippen LogP contribution in [0.2, 0.25) is 0 Å². The highest BCUT2D eigenvalue weighted by Crippen LogP contribution is 2.39. The predicted molar refractivity (Wildman–Crippen MR) is 29.5 cm³/mol. The van der Waals surface area contributed by atoms with Gasteiger partial charge in [0.2, 0.25) is 0 Å². The summed E-state index contributed by atoms with van der Waals surface area (Å²) in [5, 5.41) is 8.56. The van der Waals surface area contributed by atoms with E-state index in [1.165, 1.54) is 0 Å². The summed E-state index contributed by atoms with van der Waals surface area (Å²) in [5.41, 5.74) is -1.42. The van der Waals surface area contributed by atoms with E-state index in [0.717, 1.165) is 6.42 Å². The molecule has 46 valence electrons. The lowest BCUT2D eigenvalue weighted by Crippen LogP contribution is -2.33. The molecule has 0 heterocycles. The maximum absolute atomic E-state index is 12.7. The van der Waals surface area contributed by atoms with Gasteiger partial charge in [-0.2, -0.15) is 0 Å². The van der Waals surface area contributed by atoms with Crippen molar-refractivity contribution in [1.29, 1.82) is 0 Å². The van der Waals surface area contributed by atoms with Crippen LogP contribution in [0.4, 0.5) is 4.39 Å². The second-order valence-corrected chi connectivity index (χ2v) is 2.27. The Bertz CT molecular complexity index is 116. The van der Waals surface area contributed by atoms with Crippen molar-refractivity contribution in [2.75, 3.05) is 0 Å². The van der Waals surface area contributed by atoms with Crippen LogP contribution in [0.3, 0.4) is 0 Å². The molecule has 0 bridgehead atoms. The van der Waals surface area contributed by atoms with Gasteiger partial charge in [0.15, 0.2) is 5.67 Å². The molecule has 0 saturated heterocycles. The first-order valence-electron chi connectivity index (χ1n) is 2.72. The lowest BCUT2D eigenvalue weighted by molar-refractivity contribution is 0.0570. The smallest absolute Gasteiger partial charge is 0.166 e. The largest absolute Gasteiger partial charge is 0.510 e. The SMILES string of the molecule is C=C(O)C1(F)CCC1.